The molecule has 0 unspecified atom stereocenters. The van der Waals surface area contributed by atoms with Crippen LogP contribution in [0.4, 0.5) is 18.9 Å². The lowest BCUT2D eigenvalue weighted by Gasteiger charge is -2.09. The largest absolute Gasteiger partial charge is 0.457 e. The van der Waals surface area contributed by atoms with Gasteiger partial charge in [0.15, 0.2) is 0 Å². The number of rotatable bonds is 6. The van der Waals surface area contributed by atoms with E-state index in [2.05, 4.69) is 24.4 Å². The fraction of sp³-hybridized carbons (Fsp3) is 0.174. The highest BCUT2D eigenvalue weighted by Gasteiger charge is 2.29. The molecule has 3 nitrogen and oxygen atoms in total. The first-order valence-corrected chi connectivity index (χ1v) is 9.15. The number of hydrogen-bond donors (Lipinski definition) is 1. The standard InChI is InChI=1S/C23H21F3N2O/c1-16(2)18-5-13-22(14-6-18)29-21-11-3-17(4-12-21)15-27-28-20-9-7-19(8-10-20)23(24,25)26/h3-16,28H,1-2H3. The van der Waals surface area contributed by atoms with Crippen molar-refractivity contribution in [3.63, 3.8) is 0 Å². The summed E-state index contributed by atoms with van der Waals surface area (Å²) in [5.74, 6) is 1.94. The smallest absolute Gasteiger partial charge is 0.416 e. The summed E-state index contributed by atoms with van der Waals surface area (Å²) in [4.78, 5) is 0. The van der Waals surface area contributed by atoms with Crippen LogP contribution in [0, 0.1) is 0 Å². The van der Waals surface area contributed by atoms with Gasteiger partial charge in [0.1, 0.15) is 11.5 Å². The van der Waals surface area contributed by atoms with Gasteiger partial charge < -0.3 is 4.74 Å². The van der Waals surface area contributed by atoms with Crippen molar-refractivity contribution in [3.05, 3.63) is 89.5 Å². The molecular formula is C23H21F3N2O. The topological polar surface area (TPSA) is 33.6 Å². The van der Waals surface area contributed by atoms with Gasteiger partial charge in [0, 0.05) is 0 Å². The molecule has 0 aromatic heterocycles. The minimum absolute atomic E-state index is 0.471. The quantitative estimate of drug-likeness (QED) is 0.356. The van der Waals surface area contributed by atoms with E-state index in [4.69, 9.17) is 4.74 Å². The molecule has 3 rings (SSSR count). The zero-order valence-electron chi connectivity index (χ0n) is 16.1. The van der Waals surface area contributed by atoms with Gasteiger partial charge in [-0.15, -0.1) is 0 Å². The Labute approximate surface area is 167 Å². The van der Waals surface area contributed by atoms with Crippen molar-refractivity contribution in [2.45, 2.75) is 25.9 Å². The maximum absolute atomic E-state index is 12.6. The number of hydrogen-bond acceptors (Lipinski definition) is 3. The van der Waals surface area contributed by atoms with E-state index >= 15 is 0 Å². The average molecular weight is 398 g/mol. The maximum atomic E-state index is 12.6. The summed E-state index contributed by atoms with van der Waals surface area (Å²) in [7, 11) is 0. The Morgan fingerprint density at radius 2 is 1.38 bits per heavy atom. The second-order valence-electron chi connectivity index (χ2n) is 6.84. The van der Waals surface area contributed by atoms with E-state index in [0.717, 1.165) is 23.4 Å². The first-order valence-electron chi connectivity index (χ1n) is 9.15. The van der Waals surface area contributed by atoms with E-state index < -0.39 is 11.7 Å². The number of alkyl halides is 3. The number of nitrogens with zero attached hydrogens (tertiary/aromatic N) is 1. The van der Waals surface area contributed by atoms with Gasteiger partial charge in [-0.1, -0.05) is 26.0 Å². The zero-order chi connectivity index (χ0) is 20.9. The number of halogens is 3. The Morgan fingerprint density at radius 1 is 0.828 bits per heavy atom. The van der Waals surface area contributed by atoms with Gasteiger partial charge in [-0.2, -0.15) is 18.3 Å². The predicted octanol–water partition coefficient (Wildman–Crippen LogP) is 7.07. The van der Waals surface area contributed by atoms with Crippen LogP contribution >= 0.6 is 0 Å². The van der Waals surface area contributed by atoms with E-state index in [1.54, 1.807) is 6.21 Å². The highest BCUT2D eigenvalue weighted by Crippen LogP contribution is 2.29. The fourth-order valence-electron chi connectivity index (χ4n) is 2.59. The van der Waals surface area contributed by atoms with Gasteiger partial charge in [0.2, 0.25) is 0 Å². The molecule has 0 aliphatic heterocycles. The third-order valence-electron chi connectivity index (χ3n) is 4.28. The summed E-state index contributed by atoms with van der Waals surface area (Å²) in [5, 5.41) is 4.05. The Kier molecular flexibility index (Phi) is 6.22. The molecule has 0 radical (unpaired) electrons. The number of hydrazone groups is 1. The third-order valence-corrected chi connectivity index (χ3v) is 4.28. The van der Waals surface area contributed by atoms with Crippen molar-refractivity contribution >= 4 is 11.9 Å². The summed E-state index contributed by atoms with van der Waals surface area (Å²) < 4.78 is 43.5. The molecule has 0 saturated heterocycles. The lowest BCUT2D eigenvalue weighted by atomic mass is 10.0. The number of anilines is 1. The Balaban J connectivity index is 1.56. The minimum atomic E-state index is -4.35. The molecular weight excluding hydrogens is 377 g/mol. The molecule has 29 heavy (non-hydrogen) atoms. The Hall–Kier alpha value is -3.28. The molecule has 0 aliphatic rings. The van der Waals surface area contributed by atoms with Crippen LogP contribution in [-0.2, 0) is 6.18 Å². The molecule has 3 aromatic rings. The van der Waals surface area contributed by atoms with Gasteiger partial charge >= 0.3 is 6.18 Å². The molecule has 0 saturated carbocycles. The summed E-state index contributed by atoms with van der Waals surface area (Å²) in [6.45, 7) is 4.28. The van der Waals surface area contributed by atoms with Crippen LogP contribution in [0.15, 0.2) is 77.9 Å². The van der Waals surface area contributed by atoms with Crippen molar-refractivity contribution in [2.24, 2.45) is 5.10 Å². The molecule has 0 aliphatic carbocycles. The van der Waals surface area contributed by atoms with Gasteiger partial charge in [-0.25, -0.2) is 0 Å². The summed E-state index contributed by atoms with van der Waals surface area (Å²) >= 11 is 0. The van der Waals surface area contributed by atoms with Crippen molar-refractivity contribution < 1.29 is 17.9 Å². The molecule has 0 amide bonds. The van der Waals surface area contributed by atoms with Gasteiger partial charge in [-0.05, 0) is 77.7 Å². The van der Waals surface area contributed by atoms with Crippen molar-refractivity contribution in [3.8, 4) is 11.5 Å². The van der Waals surface area contributed by atoms with Crippen molar-refractivity contribution in [2.75, 3.05) is 5.43 Å². The molecule has 3 aromatic carbocycles. The van der Waals surface area contributed by atoms with Crippen molar-refractivity contribution in [1.29, 1.82) is 0 Å². The lowest BCUT2D eigenvalue weighted by Crippen LogP contribution is -2.04. The normalized spacial score (nSPS) is 11.8. The number of benzene rings is 3. The second kappa shape index (κ2) is 8.82. The van der Waals surface area contributed by atoms with Crippen LogP contribution < -0.4 is 10.2 Å². The van der Waals surface area contributed by atoms with E-state index in [-0.39, 0.29) is 0 Å². The molecule has 0 fully saturated rings. The zero-order valence-corrected chi connectivity index (χ0v) is 16.1. The second-order valence-corrected chi connectivity index (χ2v) is 6.84. The van der Waals surface area contributed by atoms with E-state index in [1.165, 1.54) is 17.7 Å². The van der Waals surface area contributed by atoms with Crippen LogP contribution in [0.2, 0.25) is 0 Å². The Bertz CT molecular complexity index is 945. The molecule has 0 heterocycles. The van der Waals surface area contributed by atoms with E-state index in [0.29, 0.717) is 17.4 Å². The molecule has 150 valence electrons. The van der Waals surface area contributed by atoms with Crippen LogP contribution in [-0.4, -0.2) is 6.21 Å². The molecule has 0 atom stereocenters. The highest BCUT2D eigenvalue weighted by atomic mass is 19.4. The van der Waals surface area contributed by atoms with Crippen LogP contribution in [0.5, 0.6) is 11.5 Å². The lowest BCUT2D eigenvalue weighted by molar-refractivity contribution is -0.137. The third kappa shape index (κ3) is 5.85. The van der Waals surface area contributed by atoms with Gasteiger partial charge in [0.25, 0.3) is 0 Å². The Morgan fingerprint density at radius 3 is 1.90 bits per heavy atom. The molecule has 1 N–H and O–H groups in total. The van der Waals surface area contributed by atoms with Gasteiger partial charge in [-0.3, -0.25) is 5.43 Å². The molecule has 6 heteroatoms. The first kappa shape index (κ1) is 20.5. The highest BCUT2D eigenvalue weighted by molar-refractivity contribution is 5.80. The summed E-state index contributed by atoms with van der Waals surface area (Å²) in [5.41, 5.74) is 4.57. The SMILES string of the molecule is CC(C)c1ccc(Oc2ccc(C=NNc3ccc(C(F)(F)F)cc3)cc2)cc1. The monoisotopic (exact) mass is 398 g/mol. The number of nitrogens with one attached hydrogen (secondary N) is 1. The van der Waals surface area contributed by atoms with Crippen LogP contribution in [0.3, 0.4) is 0 Å². The minimum Gasteiger partial charge on any atom is -0.457 e. The summed E-state index contributed by atoms with van der Waals surface area (Å²) in [6.07, 6.45) is -2.76. The first-order chi connectivity index (χ1) is 13.8. The summed E-state index contributed by atoms with van der Waals surface area (Å²) in [6, 6.07) is 20.0. The van der Waals surface area contributed by atoms with E-state index in [9.17, 15) is 13.2 Å². The maximum Gasteiger partial charge on any atom is 0.416 e. The van der Waals surface area contributed by atoms with Crippen LogP contribution in [0.1, 0.15) is 36.5 Å². The van der Waals surface area contributed by atoms with Crippen molar-refractivity contribution in [1.82, 2.24) is 0 Å². The van der Waals surface area contributed by atoms with Crippen LogP contribution in [0.25, 0.3) is 0 Å². The number of ether oxygens (including phenoxy) is 1. The average Bonchev–Trinajstić information content (AvgIpc) is 2.69. The predicted molar refractivity (Wildman–Crippen MR) is 110 cm³/mol. The fourth-order valence-corrected chi connectivity index (χ4v) is 2.59. The molecule has 0 spiro atoms. The molecule has 0 bridgehead atoms. The van der Waals surface area contributed by atoms with Gasteiger partial charge in [0.05, 0.1) is 17.5 Å². The van der Waals surface area contributed by atoms with E-state index in [1.807, 2.05) is 48.5 Å².